The van der Waals surface area contributed by atoms with E-state index in [4.69, 9.17) is 11.6 Å². The molecule has 1 radical (unpaired) electrons. The van der Waals surface area contributed by atoms with Crippen molar-refractivity contribution in [1.82, 2.24) is 4.98 Å². The number of H-pyrrole nitrogens is 1. The van der Waals surface area contributed by atoms with Crippen molar-refractivity contribution in [3.8, 4) is 0 Å². The molecule has 0 saturated carbocycles. The predicted molar refractivity (Wildman–Crippen MR) is 59.6 cm³/mol. The lowest BCUT2D eigenvalue weighted by atomic mass is 9.96. The number of benzene rings is 1. The topological polar surface area (TPSA) is 15.8 Å². The van der Waals surface area contributed by atoms with Crippen molar-refractivity contribution in [2.45, 2.75) is 19.3 Å². The van der Waals surface area contributed by atoms with Gasteiger partial charge in [-0.3, -0.25) is 0 Å². The summed E-state index contributed by atoms with van der Waals surface area (Å²) in [5.41, 5.74) is 4.03. The van der Waals surface area contributed by atoms with E-state index in [0.29, 0.717) is 0 Å². The normalized spacial score (nSPS) is 15.8. The summed E-state index contributed by atoms with van der Waals surface area (Å²) in [6.07, 6.45) is 5.77. The lowest BCUT2D eigenvalue weighted by molar-refractivity contribution is 0.816. The number of halogens is 1. The van der Waals surface area contributed by atoms with E-state index in [0.717, 1.165) is 17.9 Å². The summed E-state index contributed by atoms with van der Waals surface area (Å²) >= 11 is 5.95. The van der Waals surface area contributed by atoms with Gasteiger partial charge in [0.25, 0.3) is 0 Å². The van der Waals surface area contributed by atoms with Gasteiger partial charge in [0.2, 0.25) is 0 Å². The van der Waals surface area contributed by atoms with Gasteiger partial charge in [0.15, 0.2) is 0 Å². The minimum Gasteiger partial charge on any atom is -0.358 e. The quantitative estimate of drug-likeness (QED) is 0.676. The van der Waals surface area contributed by atoms with E-state index < -0.39 is 0 Å². The molecule has 3 rings (SSSR count). The third-order valence-corrected chi connectivity index (χ3v) is 3.14. The molecule has 0 saturated heterocycles. The molecule has 2 aromatic rings. The molecular formula is C12H11ClN. The van der Waals surface area contributed by atoms with Crippen molar-refractivity contribution in [2.24, 2.45) is 0 Å². The van der Waals surface area contributed by atoms with Gasteiger partial charge in [0, 0.05) is 21.6 Å². The molecule has 0 atom stereocenters. The van der Waals surface area contributed by atoms with E-state index in [1.807, 2.05) is 12.1 Å². The summed E-state index contributed by atoms with van der Waals surface area (Å²) in [5, 5.41) is 2.14. The van der Waals surface area contributed by atoms with Crippen LogP contribution in [0.4, 0.5) is 0 Å². The van der Waals surface area contributed by atoms with Crippen LogP contribution in [0.1, 0.15) is 17.7 Å². The van der Waals surface area contributed by atoms with Gasteiger partial charge in [-0.1, -0.05) is 17.7 Å². The molecule has 1 nitrogen and oxygen atoms in total. The molecule has 0 amide bonds. The molecule has 1 aliphatic rings. The van der Waals surface area contributed by atoms with Gasteiger partial charge in [-0.2, -0.15) is 0 Å². The van der Waals surface area contributed by atoms with E-state index in [9.17, 15) is 0 Å². The molecular weight excluding hydrogens is 194 g/mol. The van der Waals surface area contributed by atoms with Crippen molar-refractivity contribution in [3.63, 3.8) is 0 Å². The summed E-state index contributed by atoms with van der Waals surface area (Å²) < 4.78 is 0. The molecule has 71 valence electrons. The van der Waals surface area contributed by atoms with Crippen molar-refractivity contribution in [3.05, 3.63) is 40.9 Å². The van der Waals surface area contributed by atoms with Crippen LogP contribution in [0.25, 0.3) is 10.9 Å². The summed E-state index contributed by atoms with van der Waals surface area (Å²) in [6, 6.07) is 6.09. The number of hydrogen-bond acceptors (Lipinski definition) is 0. The molecule has 0 aliphatic heterocycles. The Morgan fingerprint density at radius 3 is 3.14 bits per heavy atom. The highest BCUT2D eigenvalue weighted by atomic mass is 35.5. The number of aryl methyl sites for hydroxylation is 1. The number of nitrogens with one attached hydrogen (secondary N) is 1. The fraction of sp³-hybridized carbons (Fsp3) is 0.250. The number of rotatable bonds is 0. The van der Waals surface area contributed by atoms with Gasteiger partial charge in [-0.15, -0.1) is 0 Å². The summed E-state index contributed by atoms with van der Waals surface area (Å²) in [7, 11) is 0. The Morgan fingerprint density at radius 2 is 2.21 bits per heavy atom. The minimum absolute atomic E-state index is 0.806. The SMILES string of the molecule is Clc1ccc2c3c([nH]c2c1)CC[CH]C3. The highest BCUT2D eigenvalue weighted by Crippen LogP contribution is 2.29. The van der Waals surface area contributed by atoms with E-state index in [-0.39, 0.29) is 0 Å². The molecule has 0 spiro atoms. The van der Waals surface area contributed by atoms with Crippen molar-refractivity contribution in [1.29, 1.82) is 0 Å². The zero-order chi connectivity index (χ0) is 9.54. The van der Waals surface area contributed by atoms with Crippen LogP contribution < -0.4 is 0 Å². The number of aromatic amines is 1. The smallest absolute Gasteiger partial charge is 0.0473 e. The number of hydrogen-bond donors (Lipinski definition) is 1. The van der Waals surface area contributed by atoms with Crippen LogP contribution in [0.3, 0.4) is 0 Å². The first-order valence-corrected chi connectivity index (χ1v) is 5.33. The summed E-state index contributed by atoms with van der Waals surface area (Å²) in [6.45, 7) is 0. The van der Waals surface area contributed by atoms with Crippen LogP contribution in [0.15, 0.2) is 18.2 Å². The second-order valence-electron chi connectivity index (χ2n) is 3.80. The van der Waals surface area contributed by atoms with E-state index >= 15 is 0 Å². The zero-order valence-corrected chi connectivity index (χ0v) is 8.56. The average Bonchev–Trinajstić information content (AvgIpc) is 2.54. The fourth-order valence-electron chi connectivity index (χ4n) is 2.22. The molecule has 2 heteroatoms. The van der Waals surface area contributed by atoms with Crippen molar-refractivity contribution >= 4 is 22.5 Å². The molecule has 1 aromatic carbocycles. The third-order valence-electron chi connectivity index (χ3n) is 2.90. The Kier molecular flexibility index (Phi) is 1.81. The first-order chi connectivity index (χ1) is 6.84. The van der Waals surface area contributed by atoms with Crippen molar-refractivity contribution in [2.75, 3.05) is 0 Å². The summed E-state index contributed by atoms with van der Waals surface area (Å²) in [5.74, 6) is 0. The van der Waals surface area contributed by atoms with E-state index in [1.165, 1.54) is 28.6 Å². The molecule has 0 bridgehead atoms. The van der Waals surface area contributed by atoms with Gasteiger partial charge >= 0.3 is 0 Å². The lowest BCUT2D eigenvalue weighted by Gasteiger charge is -2.09. The third kappa shape index (κ3) is 1.16. The van der Waals surface area contributed by atoms with Gasteiger partial charge in [-0.05, 0) is 43.4 Å². The molecule has 1 heterocycles. The molecule has 14 heavy (non-hydrogen) atoms. The number of fused-ring (bicyclic) bond motifs is 3. The predicted octanol–water partition coefficient (Wildman–Crippen LogP) is 3.51. The second-order valence-corrected chi connectivity index (χ2v) is 4.24. The Hall–Kier alpha value is -0.950. The summed E-state index contributed by atoms with van der Waals surface area (Å²) in [4.78, 5) is 3.45. The first kappa shape index (κ1) is 8.37. The fourth-order valence-corrected chi connectivity index (χ4v) is 2.40. The number of aromatic nitrogens is 1. The Labute approximate surface area is 88.1 Å². The van der Waals surface area contributed by atoms with Crippen LogP contribution in [-0.4, -0.2) is 4.98 Å². The Morgan fingerprint density at radius 1 is 1.29 bits per heavy atom. The van der Waals surface area contributed by atoms with Crippen LogP contribution >= 0.6 is 11.6 Å². The van der Waals surface area contributed by atoms with Gasteiger partial charge < -0.3 is 4.98 Å². The molecule has 0 unspecified atom stereocenters. The maximum absolute atomic E-state index is 5.95. The van der Waals surface area contributed by atoms with Crippen molar-refractivity contribution < 1.29 is 0 Å². The minimum atomic E-state index is 0.806. The molecule has 1 aliphatic carbocycles. The highest BCUT2D eigenvalue weighted by molar-refractivity contribution is 6.31. The zero-order valence-electron chi connectivity index (χ0n) is 7.81. The van der Waals surface area contributed by atoms with Crippen LogP contribution in [0.5, 0.6) is 0 Å². The van der Waals surface area contributed by atoms with Gasteiger partial charge in [0.1, 0.15) is 0 Å². The Balaban J connectivity index is 2.31. The van der Waals surface area contributed by atoms with Crippen LogP contribution in [-0.2, 0) is 12.8 Å². The monoisotopic (exact) mass is 204 g/mol. The second kappa shape index (κ2) is 3.03. The van der Waals surface area contributed by atoms with Crippen LogP contribution in [0.2, 0.25) is 5.02 Å². The largest absolute Gasteiger partial charge is 0.358 e. The standard InChI is InChI=1S/C12H11ClN/c13-8-5-6-10-9-3-1-2-4-11(9)14-12(10)7-8/h1,5-7,14H,2-4H2. The first-order valence-electron chi connectivity index (χ1n) is 4.95. The molecule has 1 N–H and O–H groups in total. The van der Waals surface area contributed by atoms with E-state index in [1.54, 1.807) is 0 Å². The van der Waals surface area contributed by atoms with Gasteiger partial charge in [0.05, 0.1) is 0 Å². The van der Waals surface area contributed by atoms with Crippen LogP contribution in [0, 0.1) is 6.42 Å². The maximum Gasteiger partial charge on any atom is 0.0473 e. The highest BCUT2D eigenvalue weighted by Gasteiger charge is 2.14. The van der Waals surface area contributed by atoms with Gasteiger partial charge in [-0.25, -0.2) is 0 Å². The lowest BCUT2D eigenvalue weighted by Crippen LogP contribution is -2.00. The molecule has 1 aromatic heterocycles. The average molecular weight is 205 g/mol. The Bertz CT molecular complexity index is 484. The molecule has 0 fully saturated rings. The van der Waals surface area contributed by atoms with E-state index in [2.05, 4.69) is 17.5 Å². The maximum atomic E-state index is 5.95.